The summed E-state index contributed by atoms with van der Waals surface area (Å²) >= 11 is 10.9. The van der Waals surface area contributed by atoms with Crippen LogP contribution in [0, 0.1) is 0 Å². The fraction of sp³-hybridized carbons (Fsp3) is 1.00. The molecule has 50 valence electrons. The van der Waals surface area contributed by atoms with Gasteiger partial charge in [-0.15, -0.1) is 11.6 Å². The molecular formula is C4H10Cl2OSi. The summed E-state index contributed by atoms with van der Waals surface area (Å²) in [6.45, 7) is 2.09. The molecule has 0 radical (unpaired) electrons. The van der Waals surface area contributed by atoms with Gasteiger partial charge in [0, 0.05) is 0 Å². The third-order valence-corrected chi connectivity index (χ3v) is 2.60. The summed E-state index contributed by atoms with van der Waals surface area (Å²) in [5, 5.41) is 0. The number of halogens is 2. The molecule has 1 nitrogen and oxygen atoms in total. The molecule has 4 heteroatoms. The van der Waals surface area contributed by atoms with E-state index in [9.17, 15) is 0 Å². The molecule has 0 saturated carbocycles. The quantitative estimate of drug-likeness (QED) is 0.460. The fourth-order valence-electron chi connectivity index (χ4n) is 0.290. The van der Waals surface area contributed by atoms with Crippen LogP contribution in [0.15, 0.2) is 0 Å². The lowest BCUT2D eigenvalue weighted by Gasteiger charge is -2.04. The first-order valence-electron chi connectivity index (χ1n) is 2.63. The lowest BCUT2D eigenvalue weighted by atomic mass is 10.9. The van der Waals surface area contributed by atoms with E-state index in [-0.39, 0.29) is 15.3 Å². The van der Waals surface area contributed by atoms with Crippen molar-refractivity contribution in [2.75, 3.05) is 5.88 Å². The van der Waals surface area contributed by atoms with E-state index in [0.29, 0.717) is 5.88 Å². The minimum absolute atomic E-state index is 0.247. The van der Waals surface area contributed by atoms with Crippen molar-refractivity contribution in [1.29, 1.82) is 0 Å². The van der Waals surface area contributed by atoms with Gasteiger partial charge in [0.05, 0.1) is 5.88 Å². The van der Waals surface area contributed by atoms with Gasteiger partial charge < -0.3 is 4.43 Å². The molecule has 0 saturated heterocycles. The predicted molar refractivity (Wildman–Crippen MR) is 40.5 cm³/mol. The summed E-state index contributed by atoms with van der Waals surface area (Å²) in [6, 6.07) is 1.13. The first-order chi connectivity index (χ1) is 3.81. The van der Waals surface area contributed by atoms with Gasteiger partial charge >= 0.3 is 0 Å². The van der Waals surface area contributed by atoms with Gasteiger partial charge in [-0.2, -0.15) is 0 Å². The highest BCUT2D eigenvalue weighted by Gasteiger charge is 1.98. The predicted octanol–water partition coefficient (Wildman–Crippen LogP) is 1.33. The smallest absolute Gasteiger partial charge is 0.163 e. The highest BCUT2D eigenvalue weighted by atomic mass is 35.5. The van der Waals surface area contributed by atoms with Crippen molar-refractivity contribution in [2.45, 2.75) is 18.5 Å². The van der Waals surface area contributed by atoms with Crippen LogP contribution >= 0.6 is 23.2 Å². The molecule has 1 unspecified atom stereocenters. The molecule has 0 N–H and O–H groups in total. The molecule has 0 aliphatic heterocycles. The van der Waals surface area contributed by atoms with Crippen LogP contribution in [-0.4, -0.2) is 21.2 Å². The largest absolute Gasteiger partial charge is 0.407 e. The summed E-state index contributed by atoms with van der Waals surface area (Å²) in [5.41, 5.74) is -0.247. The van der Waals surface area contributed by atoms with E-state index in [4.69, 9.17) is 27.6 Å². The van der Waals surface area contributed by atoms with Crippen LogP contribution in [0.1, 0.15) is 6.92 Å². The van der Waals surface area contributed by atoms with E-state index in [1.54, 1.807) is 0 Å². The Labute approximate surface area is 62.3 Å². The second kappa shape index (κ2) is 5.89. The highest BCUT2D eigenvalue weighted by Crippen LogP contribution is 1.99. The summed E-state index contributed by atoms with van der Waals surface area (Å²) in [6.07, 6.45) is 0. The van der Waals surface area contributed by atoms with Crippen molar-refractivity contribution in [2.24, 2.45) is 0 Å². The summed E-state index contributed by atoms with van der Waals surface area (Å²) in [5.74, 6) is 0.397. The third kappa shape index (κ3) is 4.90. The van der Waals surface area contributed by atoms with Crippen molar-refractivity contribution in [1.82, 2.24) is 0 Å². The first-order valence-corrected chi connectivity index (χ1v) is 5.17. The molecule has 0 bridgehead atoms. The normalized spacial score (nSPS) is 15.4. The second-order valence-corrected chi connectivity index (χ2v) is 3.97. The minimum Gasteiger partial charge on any atom is -0.407 e. The minimum atomic E-state index is -0.353. The maximum Gasteiger partial charge on any atom is 0.163 e. The molecule has 0 amide bonds. The zero-order valence-corrected chi connectivity index (χ0v) is 7.79. The molecule has 0 spiro atoms. The van der Waals surface area contributed by atoms with Crippen LogP contribution in [0.2, 0.25) is 6.04 Å². The van der Waals surface area contributed by atoms with Gasteiger partial charge in [-0.1, -0.05) is 18.5 Å². The second-order valence-electron chi connectivity index (χ2n) is 1.44. The molecule has 0 aromatic heterocycles. The molecule has 0 aromatic rings. The van der Waals surface area contributed by atoms with E-state index in [0.717, 1.165) is 6.04 Å². The molecule has 0 aromatic carbocycles. The number of hydrogen-bond acceptors (Lipinski definition) is 1. The van der Waals surface area contributed by atoms with Crippen molar-refractivity contribution in [3.05, 3.63) is 0 Å². The molecule has 1 atom stereocenters. The van der Waals surface area contributed by atoms with E-state index in [1.807, 2.05) is 0 Å². The Kier molecular flexibility index (Phi) is 6.44. The molecule has 8 heavy (non-hydrogen) atoms. The zero-order chi connectivity index (χ0) is 6.41. The van der Waals surface area contributed by atoms with Crippen LogP contribution in [0.3, 0.4) is 0 Å². The average Bonchev–Trinajstić information content (AvgIpc) is 1.83. The Hall–Kier alpha value is 0.757. The Balaban J connectivity index is 2.86. The number of alkyl halides is 2. The van der Waals surface area contributed by atoms with Crippen molar-refractivity contribution >= 4 is 33.0 Å². The lowest BCUT2D eigenvalue weighted by molar-refractivity contribution is 0.322. The van der Waals surface area contributed by atoms with Crippen LogP contribution in [0.5, 0.6) is 0 Å². The Morgan fingerprint density at radius 1 is 1.75 bits per heavy atom. The van der Waals surface area contributed by atoms with Gasteiger partial charge in [0.25, 0.3) is 0 Å². The van der Waals surface area contributed by atoms with Gasteiger partial charge in [0.15, 0.2) is 9.76 Å². The van der Waals surface area contributed by atoms with Crippen LogP contribution < -0.4 is 0 Å². The third-order valence-electron chi connectivity index (χ3n) is 0.624. The van der Waals surface area contributed by atoms with Crippen LogP contribution in [0.4, 0.5) is 0 Å². The van der Waals surface area contributed by atoms with Crippen molar-refractivity contribution in [3.8, 4) is 0 Å². The SMILES string of the molecule is CC[SiH2]OC(Cl)CCl. The maximum atomic E-state index is 5.52. The molecule has 0 fully saturated rings. The molecule has 0 rings (SSSR count). The van der Waals surface area contributed by atoms with Gasteiger partial charge in [-0.3, -0.25) is 0 Å². The fourth-order valence-corrected chi connectivity index (χ4v) is 1.41. The van der Waals surface area contributed by atoms with E-state index in [2.05, 4.69) is 6.92 Å². The number of rotatable bonds is 4. The van der Waals surface area contributed by atoms with Crippen LogP contribution in [-0.2, 0) is 4.43 Å². The Morgan fingerprint density at radius 3 is 2.75 bits per heavy atom. The van der Waals surface area contributed by atoms with E-state index < -0.39 is 0 Å². The average molecular weight is 173 g/mol. The standard InChI is InChI=1S/C4H10Cl2OSi/c1-2-8-7-4(6)3-5/h4H,2-3,8H2,1H3. The first kappa shape index (κ1) is 8.76. The Morgan fingerprint density at radius 2 is 2.38 bits per heavy atom. The zero-order valence-electron chi connectivity index (χ0n) is 4.86. The van der Waals surface area contributed by atoms with Gasteiger partial charge in [-0.05, 0) is 6.04 Å². The van der Waals surface area contributed by atoms with Crippen molar-refractivity contribution < 1.29 is 4.43 Å². The molecule has 0 aliphatic carbocycles. The topological polar surface area (TPSA) is 9.23 Å². The van der Waals surface area contributed by atoms with Gasteiger partial charge in [0.1, 0.15) is 5.56 Å². The maximum absolute atomic E-state index is 5.52. The van der Waals surface area contributed by atoms with E-state index >= 15 is 0 Å². The van der Waals surface area contributed by atoms with Gasteiger partial charge in [-0.25, -0.2) is 0 Å². The highest BCUT2D eigenvalue weighted by molar-refractivity contribution is 6.32. The van der Waals surface area contributed by atoms with Crippen LogP contribution in [0.25, 0.3) is 0 Å². The summed E-state index contributed by atoms with van der Waals surface area (Å²) in [7, 11) is -0.353. The van der Waals surface area contributed by atoms with E-state index in [1.165, 1.54) is 0 Å². The monoisotopic (exact) mass is 172 g/mol. The molecule has 0 heterocycles. The molecular weight excluding hydrogens is 163 g/mol. The van der Waals surface area contributed by atoms with Crippen molar-refractivity contribution in [3.63, 3.8) is 0 Å². The lowest BCUT2D eigenvalue weighted by Crippen LogP contribution is -2.08. The summed E-state index contributed by atoms with van der Waals surface area (Å²) < 4.78 is 5.11. The van der Waals surface area contributed by atoms with Gasteiger partial charge in [0.2, 0.25) is 0 Å². The Bertz CT molecular complexity index is 53.3. The summed E-state index contributed by atoms with van der Waals surface area (Å²) in [4.78, 5) is 0. The molecule has 0 aliphatic rings. The number of hydrogen-bond donors (Lipinski definition) is 0.